The topological polar surface area (TPSA) is 38.7 Å². The number of hydrogen-bond acceptors (Lipinski definition) is 3. The van der Waals surface area contributed by atoms with E-state index in [2.05, 4.69) is 0 Å². The van der Waals surface area contributed by atoms with Gasteiger partial charge in [0, 0.05) is 12.5 Å². The molecule has 0 radical (unpaired) electrons. The van der Waals surface area contributed by atoms with Gasteiger partial charge in [0.05, 0.1) is 19.3 Å². The van der Waals surface area contributed by atoms with Crippen molar-refractivity contribution in [2.75, 3.05) is 19.8 Å². The monoisotopic (exact) mass is 250 g/mol. The fraction of sp³-hybridized carbons (Fsp3) is 0.600. The van der Waals surface area contributed by atoms with Crippen LogP contribution >= 0.6 is 0 Å². The van der Waals surface area contributed by atoms with Gasteiger partial charge in [0.1, 0.15) is 6.10 Å². The van der Waals surface area contributed by atoms with Gasteiger partial charge in [0.15, 0.2) is 0 Å². The Bertz CT molecular complexity index is 355. The van der Waals surface area contributed by atoms with Crippen LogP contribution in [0.4, 0.5) is 0 Å². The van der Waals surface area contributed by atoms with Crippen LogP contribution in [0, 0.1) is 12.8 Å². The average molecular weight is 250 g/mol. The number of benzene rings is 1. The van der Waals surface area contributed by atoms with E-state index in [0.29, 0.717) is 12.5 Å². The summed E-state index contributed by atoms with van der Waals surface area (Å²) in [6.45, 7) is 6.25. The van der Waals surface area contributed by atoms with Crippen molar-refractivity contribution in [1.82, 2.24) is 0 Å². The number of aliphatic hydroxyl groups is 1. The number of hydrogen-bond donors (Lipinski definition) is 1. The Morgan fingerprint density at radius 2 is 2.11 bits per heavy atom. The van der Waals surface area contributed by atoms with Crippen molar-refractivity contribution in [1.29, 1.82) is 0 Å². The molecule has 1 aliphatic rings. The molecule has 0 aliphatic carbocycles. The van der Waals surface area contributed by atoms with Gasteiger partial charge in [-0.2, -0.15) is 0 Å². The first-order chi connectivity index (χ1) is 8.66. The van der Waals surface area contributed by atoms with E-state index in [1.54, 1.807) is 0 Å². The zero-order valence-electron chi connectivity index (χ0n) is 11.1. The summed E-state index contributed by atoms with van der Waals surface area (Å²) < 4.78 is 11.0. The molecule has 1 saturated heterocycles. The highest BCUT2D eigenvalue weighted by Gasteiger charge is 2.21. The van der Waals surface area contributed by atoms with Crippen LogP contribution in [-0.2, 0) is 9.47 Å². The minimum absolute atomic E-state index is 0.187. The van der Waals surface area contributed by atoms with Crippen molar-refractivity contribution < 1.29 is 14.6 Å². The standard InChI is InChI=1S/C15H22O3/c1-11-3-5-14(6-4-11)15(16)12(2)18-10-13-7-8-17-9-13/h3-6,12-13,15-16H,7-10H2,1-2H3. The predicted molar refractivity (Wildman–Crippen MR) is 70.5 cm³/mol. The van der Waals surface area contributed by atoms with Gasteiger partial charge in [-0.1, -0.05) is 29.8 Å². The third-order valence-electron chi connectivity index (χ3n) is 3.48. The molecule has 18 heavy (non-hydrogen) atoms. The second-order valence-corrected chi connectivity index (χ2v) is 5.12. The molecule has 1 fully saturated rings. The number of aryl methyl sites for hydroxylation is 1. The molecule has 1 N–H and O–H groups in total. The lowest BCUT2D eigenvalue weighted by atomic mass is 10.0. The molecule has 3 unspecified atom stereocenters. The molecule has 3 heteroatoms. The minimum atomic E-state index is -0.562. The average Bonchev–Trinajstić information content (AvgIpc) is 2.89. The summed E-state index contributed by atoms with van der Waals surface area (Å²) in [5.41, 5.74) is 2.11. The fourth-order valence-electron chi connectivity index (χ4n) is 2.13. The SMILES string of the molecule is Cc1ccc(C(O)C(C)OCC2CCOC2)cc1. The maximum atomic E-state index is 10.2. The van der Waals surface area contributed by atoms with E-state index in [9.17, 15) is 5.11 Å². The third-order valence-corrected chi connectivity index (χ3v) is 3.48. The Morgan fingerprint density at radius 3 is 2.72 bits per heavy atom. The summed E-state index contributed by atoms with van der Waals surface area (Å²) in [7, 11) is 0. The second-order valence-electron chi connectivity index (χ2n) is 5.12. The minimum Gasteiger partial charge on any atom is -0.386 e. The molecular formula is C15H22O3. The van der Waals surface area contributed by atoms with Gasteiger partial charge in [0.25, 0.3) is 0 Å². The van der Waals surface area contributed by atoms with Crippen molar-refractivity contribution in [2.24, 2.45) is 5.92 Å². The smallest absolute Gasteiger partial charge is 0.105 e. The van der Waals surface area contributed by atoms with Gasteiger partial charge in [-0.3, -0.25) is 0 Å². The third kappa shape index (κ3) is 3.55. The molecular weight excluding hydrogens is 228 g/mol. The van der Waals surface area contributed by atoms with Crippen LogP contribution in [0.5, 0.6) is 0 Å². The van der Waals surface area contributed by atoms with Crippen LogP contribution in [-0.4, -0.2) is 31.0 Å². The van der Waals surface area contributed by atoms with Crippen molar-refractivity contribution in [3.8, 4) is 0 Å². The van der Waals surface area contributed by atoms with Crippen molar-refractivity contribution in [2.45, 2.75) is 32.5 Å². The lowest BCUT2D eigenvalue weighted by molar-refractivity contribution is -0.0412. The van der Waals surface area contributed by atoms with Crippen LogP contribution in [0.1, 0.15) is 30.6 Å². The fourth-order valence-corrected chi connectivity index (χ4v) is 2.13. The van der Waals surface area contributed by atoms with Gasteiger partial charge in [-0.15, -0.1) is 0 Å². The summed E-state index contributed by atoms with van der Waals surface area (Å²) in [4.78, 5) is 0. The van der Waals surface area contributed by atoms with E-state index in [4.69, 9.17) is 9.47 Å². The molecule has 2 rings (SSSR count). The zero-order chi connectivity index (χ0) is 13.0. The molecule has 0 spiro atoms. The zero-order valence-corrected chi connectivity index (χ0v) is 11.1. The second kappa shape index (κ2) is 6.32. The Labute approximate surface area is 109 Å². The van der Waals surface area contributed by atoms with Crippen molar-refractivity contribution in [3.63, 3.8) is 0 Å². The molecule has 100 valence electrons. The van der Waals surface area contributed by atoms with E-state index in [-0.39, 0.29) is 6.10 Å². The van der Waals surface area contributed by atoms with Crippen LogP contribution in [0.25, 0.3) is 0 Å². The molecule has 1 aromatic carbocycles. The normalized spacial score (nSPS) is 22.9. The summed E-state index contributed by atoms with van der Waals surface area (Å²) in [6, 6.07) is 7.93. The number of rotatable bonds is 5. The van der Waals surface area contributed by atoms with Crippen LogP contribution in [0.15, 0.2) is 24.3 Å². The quantitative estimate of drug-likeness (QED) is 0.872. The maximum Gasteiger partial charge on any atom is 0.105 e. The highest BCUT2D eigenvalue weighted by Crippen LogP contribution is 2.21. The summed E-state index contributed by atoms with van der Waals surface area (Å²) >= 11 is 0. The molecule has 1 aromatic rings. The Kier molecular flexibility index (Phi) is 4.75. The Hall–Kier alpha value is -0.900. The van der Waals surface area contributed by atoms with E-state index < -0.39 is 6.10 Å². The summed E-state index contributed by atoms with van der Waals surface area (Å²) in [5, 5.41) is 10.2. The largest absolute Gasteiger partial charge is 0.386 e. The van der Waals surface area contributed by atoms with Crippen LogP contribution < -0.4 is 0 Å². The molecule has 1 aliphatic heterocycles. The summed E-state index contributed by atoms with van der Waals surface area (Å²) in [6.07, 6.45) is 0.314. The molecule has 0 saturated carbocycles. The van der Waals surface area contributed by atoms with E-state index >= 15 is 0 Å². The predicted octanol–water partition coefficient (Wildman–Crippen LogP) is 2.47. The summed E-state index contributed by atoms with van der Waals surface area (Å²) in [5.74, 6) is 0.484. The highest BCUT2D eigenvalue weighted by atomic mass is 16.5. The highest BCUT2D eigenvalue weighted by molar-refractivity contribution is 5.23. The van der Waals surface area contributed by atoms with E-state index in [1.807, 2.05) is 38.1 Å². The first kappa shape index (κ1) is 13.5. The van der Waals surface area contributed by atoms with Gasteiger partial charge < -0.3 is 14.6 Å². The van der Waals surface area contributed by atoms with Crippen LogP contribution in [0.2, 0.25) is 0 Å². The first-order valence-electron chi connectivity index (χ1n) is 6.61. The van der Waals surface area contributed by atoms with Gasteiger partial charge in [-0.05, 0) is 25.8 Å². The Morgan fingerprint density at radius 1 is 1.39 bits per heavy atom. The lowest BCUT2D eigenvalue weighted by Crippen LogP contribution is -2.22. The van der Waals surface area contributed by atoms with E-state index in [0.717, 1.165) is 25.2 Å². The van der Waals surface area contributed by atoms with Gasteiger partial charge in [0.2, 0.25) is 0 Å². The number of aliphatic hydroxyl groups excluding tert-OH is 1. The first-order valence-corrected chi connectivity index (χ1v) is 6.61. The van der Waals surface area contributed by atoms with E-state index in [1.165, 1.54) is 5.56 Å². The molecule has 3 atom stereocenters. The molecule has 1 heterocycles. The number of ether oxygens (including phenoxy) is 2. The molecule has 0 bridgehead atoms. The van der Waals surface area contributed by atoms with Crippen molar-refractivity contribution in [3.05, 3.63) is 35.4 Å². The van der Waals surface area contributed by atoms with Gasteiger partial charge >= 0.3 is 0 Å². The lowest BCUT2D eigenvalue weighted by Gasteiger charge is -2.21. The Balaban J connectivity index is 1.83. The molecule has 3 nitrogen and oxygen atoms in total. The van der Waals surface area contributed by atoms with Gasteiger partial charge in [-0.25, -0.2) is 0 Å². The molecule has 0 amide bonds. The molecule has 0 aromatic heterocycles. The van der Waals surface area contributed by atoms with Crippen molar-refractivity contribution >= 4 is 0 Å². The maximum absolute atomic E-state index is 10.2. The van der Waals surface area contributed by atoms with Crippen LogP contribution in [0.3, 0.4) is 0 Å².